The molecule has 0 N–H and O–H groups in total. The average Bonchev–Trinajstić information content (AvgIpc) is 3.07. The van der Waals surface area contributed by atoms with E-state index in [1.165, 1.54) is 6.33 Å². The molecule has 0 spiro atoms. The zero-order valence-corrected chi connectivity index (χ0v) is 20.0. The van der Waals surface area contributed by atoms with Gasteiger partial charge >= 0.3 is 12.1 Å². The van der Waals surface area contributed by atoms with E-state index in [1.54, 1.807) is 4.90 Å². The molecule has 0 radical (unpaired) electrons. The smallest absolute Gasteiger partial charge is 0.410 e. The van der Waals surface area contributed by atoms with Crippen LogP contribution in [0.25, 0.3) is 0 Å². The second-order valence-electron chi connectivity index (χ2n) is 9.64. The van der Waals surface area contributed by atoms with Gasteiger partial charge in [-0.1, -0.05) is 37.3 Å². The normalized spacial score (nSPS) is 20.2. The summed E-state index contributed by atoms with van der Waals surface area (Å²) in [4.78, 5) is 50.7. The number of rotatable bonds is 4. The molecule has 1 aliphatic carbocycles. The highest BCUT2D eigenvalue weighted by molar-refractivity contribution is 6.12. The number of piperazine rings is 1. The quantitative estimate of drug-likeness (QED) is 0.500. The van der Waals surface area contributed by atoms with E-state index < -0.39 is 23.4 Å². The fourth-order valence-corrected chi connectivity index (χ4v) is 4.35. The first-order valence-corrected chi connectivity index (χ1v) is 11.5. The van der Waals surface area contributed by atoms with Crippen molar-refractivity contribution >= 4 is 23.7 Å². The molecule has 1 unspecified atom stereocenters. The Balaban J connectivity index is 1.45. The number of hydrogen-bond donors (Lipinski definition) is 0. The van der Waals surface area contributed by atoms with E-state index in [0.29, 0.717) is 37.6 Å². The molecule has 1 aromatic carbocycles. The van der Waals surface area contributed by atoms with E-state index in [9.17, 15) is 14.4 Å². The molecule has 0 saturated carbocycles. The first kappa shape index (κ1) is 23.7. The molecule has 2 heterocycles. The van der Waals surface area contributed by atoms with Gasteiger partial charge in [-0.25, -0.2) is 14.8 Å². The topological polar surface area (TPSA) is 102 Å². The van der Waals surface area contributed by atoms with Crippen LogP contribution < -0.4 is 4.90 Å². The van der Waals surface area contributed by atoms with Gasteiger partial charge in [0.05, 0.1) is 0 Å². The number of esters is 1. The van der Waals surface area contributed by atoms with Crippen LogP contribution in [0.3, 0.4) is 0 Å². The number of anilines is 1. The molecule has 1 aromatic heterocycles. The minimum absolute atomic E-state index is 0.109. The van der Waals surface area contributed by atoms with Gasteiger partial charge in [0.2, 0.25) is 0 Å². The summed E-state index contributed by atoms with van der Waals surface area (Å²) < 4.78 is 10.9. The Hall–Kier alpha value is -3.49. The van der Waals surface area contributed by atoms with Crippen LogP contribution in [-0.4, -0.2) is 64.5 Å². The van der Waals surface area contributed by atoms with Crippen molar-refractivity contribution in [3.8, 4) is 0 Å². The predicted octanol–water partition coefficient (Wildman–Crippen LogP) is 3.19. The summed E-state index contributed by atoms with van der Waals surface area (Å²) in [6, 6.07) is 9.35. The third kappa shape index (κ3) is 4.88. The Bertz CT molecular complexity index is 1070. The molecular formula is C25H30N4O5. The van der Waals surface area contributed by atoms with E-state index in [-0.39, 0.29) is 24.2 Å². The minimum Gasteiger partial charge on any atom is -0.460 e. The molecule has 1 amide bonds. The zero-order chi connectivity index (χ0) is 24.5. The van der Waals surface area contributed by atoms with E-state index in [0.717, 1.165) is 5.56 Å². The van der Waals surface area contributed by atoms with Crippen molar-refractivity contribution in [1.29, 1.82) is 0 Å². The van der Waals surface area contributed by atoms with Gasteiger partial charge in [0, 0.05) is 37.7 Å². The summed E-state index contributed by atoms with van der Waals surface area (Å²) in [6.07, 6.45) is 1.02. The summed E-state index contributed by atoms with van der Waals surface area (Å²) >= 11 is 0. The zero-order valence-electron chi connectivity index (χ0n) is 20.0. The monoisotopic (exact) mass is 466 g/mol. The first-order valence-electron chi connectivity index (χ1n) is 11.5. The van der Waals surface area contributed by atoms with E-state index in [2.05, 4.69) is 9.97 Å². The van der Waals surface area contributed by atoms with Gasteiger partial charge in [-0.2, -0.15) is 0 Å². The number of ketones is 1. The van der Waals surface area contributed by atoms with Gasteiger partial charge in [0.15, 0.2) is 5.78 Å². The van der Waals surface area contributed by atoms with Crippen molar-refractivity contribution in [2.75, 3.05) is 31.1 Å². The Kier molecular flexibility index (Phi) is 6.54. The Labute approximate surface area is 199 Å². The standard InChI is InChI=1S/C25H30N4O5/c1-16-18-20(21(30)19(16)23(31)33-14-17-8-6-5-7-9-17)26-15-27-22(18)28-10-12-29(13-11-28)24(32)34-25(2,3)4/h5-9,15-16,19H,10-14H2,1-4H3/t16-,19?/m0/s1. The predicted molar refractivity (Wildman–Crippen MR) is 125 cm³/mol. The van der Waals surface area contributed by atoms with Crippen LogP contribution in [0.5, 0.6) is 0 Å². The van der Waals surface area contributed by atoms with Crippen LogP contribution in [0.15, 0.2) is 36.7 Å². The van der Waals surface area contributed by atoms with E-state index >= 15 is 0 Å². The molecule has 4 rings (SSSR count). The molecular weight excluding hydrogens is 436 g/mol. The van der Waals surface area contributed by atoms with Crippen LogP contribution in [0, 0.1) is 5.92 Å². The molecule has 1 fully saturated rings. The summed E-state index contributed by atoms with van der Waals surface area (Å²) in [6.45, 7) is 9.47. The summed E-state index contributed by atoms with van der Waals surface area (Å²) in [7, 11) is 0. The highest BCUT2D eigenvalue weighted by Crippen LogP contribution is 2.42. The fourth-order valence-electron chi connectivity index (χ4n) is 4.35. The van der Waals surface area contributed by atoms with Crippen molar-refractivity contribution in [3.63, 3.8) is 0 Å². The van der Waals surface area contributed by atoms with Gasteiger partial charge in [0.1, 0.15) is 36.0 Å². The van der Waals surface area contributed by atoms with Crippen LogP contribution >= 0.6 is 0 Å². The largest absolute Gasteiger partial charge is 0.460 e. The highest BCUT2D eigenvalue weighted by Gasteiger charge is 2.46. The maximum Gasteiger partial charge on any atom is 0.410 e. The van der Waals surface area contributed by atoms with E-state index in [4.69, 9.17) is 9.47 Å². The number of ether oxygens (including phenoxy) is 2. The lowest BCUT2D eigenvalue weighted by Crippen LogP contribution is -2.50. The lowest BCUT2D eigenvalue weighted by atomic mass is 9.94. The molecule has 180 valence electrons. The maximum absolute atomic E-state index is 13.1. The van der Waals surface area contributed by atoms with Gasteiger partial charge in [-0.05, 0) is 26.3 Å². The van der Waals surface area contributed by atoms with Crippen molar-refractivity contribution in [3.05, 3.63) is 53.5 Å². The van der Waals surface area contributed by atoms with Crippen molar-refractivity contribution in [2.45, 2.75) is 45.8 Å². The number of carbonyl (C=O) groups is 3. The number of fused-ring (bicyclic) bond motifs is 1. The van der Waals surface area contributed by atoms with Crippen molar-refractivity contribution < 1.29 is 23.9 Å². The number of carbonyl (C=O) groups excluding carboxylic acids is 3. The number of hydrogen-bond acceptors (Lipinski definition) is 8. The molecule has 2 aromatic rings. The third-order valence-electron chi connectivity index (χ3n) is 6.04. The van der Waals surface area contributed by atoms with Crippen molar-refractivity contribution in [1.82, 2.24) is 14.9 Å². The minimum atomic E-state index is -0.947. The number of nitrogens with zero attached hydrogens (tertiary/aromatic N) is 4. The molecule has 0 bridgehead atoms. The van der Waals surface area contributed by atoms with Crippen LogP contribution in [0.2, 0.25) is 0 Å². The van der Waals surface area contributed by atoms with Gasteiger partial charge in [-0.3, -0.25) is 9.59 Å². The second-order valence-corrected chi connectivity index (χ2v) is 9.64. The number of Topliss-reactive ketones (excluding diaryl/α,β-unsaturated/α-hetero) is 1. The first-order chi connectivity index (χ1) is 16.2. The number of benzene rings is 1. The van der Waals surface area contributed by atoms with Crippen LogP contribution in [0.4, 0.5) is 10.6 Å². The van der Waals surface area contributed by atoms with Gasteiger partial charge in [0.25, 0.3) is 0 Å². The van der Waals surface area contributed by atoms with Crippen molar-refractivity contribution in [2.24, 2.45) is 5.92 Å². The van der Waals surface area contributed by atoms with Crippen LogP contribution in [-0.2, 0) is 20.9 Å². The van der Waals surface area contributed by atoms with E-state index in [1.807, 2.05) is 62.9 Å². The lowest BCUT2D eigenvalue weighted by molar-refractivity contribution is -0.148. The number of amides is 1. The number of aromatic nitrogens is 2. The molecule has 1 saturated heterocycles. The molecule has 2 atom stereocenters. The Morgan fingerprint density at radius 3 is 2.38 bits per heavy atom. The highest BCUT2D eigenvalue weighted by atomic mass is 16.6. The average molecular weight is 467 g/mol. The van der Waals surface area contributed by atoms with Gasteiger partial charge in [-0.15, -0.1) is 0 Å². The fraction of sp³-hybridized carbons (Fsp3) is 0.480. The molecule has 9 heteroatoms. The molecule has 9 nitrogen and oxygen atoms in total. The third-order valence-corrected chi connectivity index (χ3v) is 6.04. The summed E-state index contributed by atoms with van der Waals surface area (Å²) in [5, 5.41) is 0. The Morgan fingerprint density at radius 2 is 1.74 bits per heavy atom. The maximum atomic E-state index is 13.1. The molecule has 34 heavy (non-hydrogen) atoms. The lowest BCUT2D eigenvalue weighted by Gasteiger charge is -2.37. The van der Waals surface area contributed by atoms with Gasteiger partial charge < -0.3 is 19.3 Å². The Morgan fingerprint density at radius 1 is 1.06 bits per heavy atom. The SMILES string of the molecule is C[C@H]1c2c(ncnc2N2CCN(C(=O)OC(C)(C)C)CC2)C(=O)C1C(=O)OCc1ccccc1. The second kappa shape index (κ2) is 9.40. The molecule has 2 aliphatic rings. The summed E-state index contributed by atoms with van der Waals surface area (Å²) in [5.74, 6) is -1.62. The molecule has 1 aliphatic heterocycles. The van der Waals surface area contributed by atoms with Crippen LogP contribution in [0.1, 0.15) is 55.2 Å². The summed E-state index contributed by atoms with van der Waals surface area (Å²) in [5.41, 5.74) is 1.24.